The highest BCUT2D eigenvalue weighted by atomic mass is 16.8. The monoisotopic (exact) mass is 517 g/mol. The molecule has 6 rings (SSSR count). The maximum absolute atomic E-state index is 12.2. The van der Waals surface area contributed by atoms with Crippen molar-refractivity contribution >= 4 is 5.78 Å². The van der Waals surface area contributed by atoms with Gasteiger partial charge in [-0.1, -0.05) is 38.8 Å². The second-order valence-corrected chi connectivity index (χ2v) is 13.5. The van der Waals surface area contributed by atoms with Crippen molar-refractivity contribution in [3.63, 3.8) is 0 Å². The molecule has 2 aliphatic heterocycles. The molecule has 0 aromatic heterocycles. The van der Waals surface area contributed by atoms with Crippen LogP contribution in [0.2, 0.25) is 0 Å². The largest absolute Gasteiger partial charge is 0.393 e. The van der Waals surface area contributed by atoms with Crippen molar-refractivity contribution in [2.75, 3.05) is 13.2 Å². The third kappa shape index (κ3) is 3.06. The highest BCUT2D eigenvalue weighted by molar-refractivity contribution is 6.01. The predicted octanol–water partition coefficient (Wildman–Crippen LogP) is 3.34. The molecule has 8 heteroatoms. The van der Waals surface area contributed by atoms with Gasteiger partial charge in [0.25, 0.3) is 0 Å². The summed E-state index contributed by atoms with van der Waals surface area (Å²) in [5, 5.41) is 35.7. The van der Waals surface area contributed by atoms with Crippen molar-refractivity contribution in [3.05, 3.63) is 23.8 Å². The van der Waals surface area contributed by atoms with Gasteiger partial charge < -0.3 is 29.6 Å². The van der Waals surface area contributed by atoms with Crippen LogP contribution < -0.4 is 0 Å². The summed E-state index contributed by atoms with van der Waals surface area (Å²) in [7, 11) is 0. The minimum Gasteiger partial charge on any atom is -0.393 e. The number of rotatable bonds is 4. The van der Waals surface area contributed by atoms with E-state index in [1.165, 1.54) is 5.06 Å². The van der Waals surface area contributed by atoms with Crippen LogP contribution in [0.3, 0.4) is 0 Å². The predicted molar refractivity (Wildman–Crippen MR) is 134 cm³/mol. The van der Waals surface area contributed by atoms with Gasteiger partial charge in [0.1, 0.15) is 5.60 Å². The number of aliphatic hydroxyl groups is 2. The van der Waals surface area contributed by atoms with Gasteiger partial charge in [0.15, 0.2) is 17.8 Å². The first-order chi connectivity index (χ1) is 17.4. The molecule has 4 aliphatic carbocycles. The Balaban J connectivity index is 1.47. The summed E-state index contributed by atoms with van der Waals surface area (Å²) in [4.78, 5) is 12.2. The highest BCUT2D eigenvalue weighted by Gasteiger charge is 2.82. The van der Waals surface area contributed by atoms with Crippen LogP contribution in [0.4, 0.5) is 0 Å². The second-order valence-electron chi connectivity index (χ2n) is 13.5. The molecule has 0 amide bonds. The number of hydrogen-bond donors (Lipinski definition) is 3. The van der Waals surface area contributed by atoms with E-state index in [0.717, 1.165) is 24.8 Å². The fourth-order valence-corrected chi connectivity index (χ4v) is 9.63. The molecule has 3 saturated carbocycles. The van der Waals surface area contributed by atoms with Crippen molar-refractivity contribution in [3.8, 4) is 0 Å². The lowest BCUT2D eigenvalue weighted by Gasteiger charge is -2.62. The molecule has 37 heavy (non-hydrogen) atoms. The topological polar surface area (TPSA) is 109 Å². The van der Waals surface area contributed by atoms with Gasteiger partial charge in [-0.05, 0) is 69.9 Å². The van der Waals surface area contributed by atoms with Crippen molar-refractivity contribution < 1.29 is 34.4 Å². The minimum atomic E-state index is -1.51. The molecular weight excluding hydrogens is 474 g/mol. The van der Waals surface area contributed by atoms with Crippen LogP contribution in [0.1, 0.15) is 73.1 Å². The van der Waals surface area contributed by atoms with Gasteiger partial charge >= 0.3 is 0 Å². The van der Waals surface area contributed by atoms with E-state index in [9.17, 15) is 20.2 Å². The lowest BCUT2D eigenvalue weighted by Crippen LogP contribution is -2.75. The molecule has 0 bridgehead atoms. The first kappa shape index (κ1) is 26.1. The number of nitrogens with zero attached hydrogens (tertiary/aromatic N) is 1. The van der Waals surface area contributed by atoms with Gasteiger partial charge in [0.05, 0.1) is 31.0 Å². The molecule has 2 heterocycles. The number of ether oxygens (including phenoxy) is 3. The molecule has 6 aliphatic rings. The Bertz CT molecular complexity index is 1040. The number of hydrogen-bond acceptors (Lipinski definition) is 8. The van der Waals surface area contributed by atoms with Crippen molar-refractivity contribution in [2.45, 2.75) is 109 Å². The number of ketones is 1. The quantitative estimate of drug-likeness (QED) is 0.521. The molecule has 0 spiro atoms. The second kappa shape index (κ2) is 8.19. The molecule has 0 aromatic rings. The van der Waals surface area contributed by atoms with Crippen LogP contribution >= 0.6 is 0 Å². The fourth-order valence-electron chi connectivity index (χ4n) is 9.63. The van der Waals surface area contributed by atoms with E-state index in [2.05, 4.69) is 20.8 Å². The first-order valence-electron chi connectivity index (χ1n) is 14.1. The number of allylic oxidation sites excluding steroid dienone is 4. The fraction of sp³-hybridized carbons (Fsp3) is 0.828. The Kier molecular flexibility index (Phi) is 5.78. The van der Waals surface area contributed by atoms with Crippen LogP contribution in [-0.4, -0.2) is 74.8 Å². The summed E-state index contributed by atoms with van der Waals surface area (Å²) in [6, 6.07) is 0. The van der Waals surface area contributed by atoms with Crippen LogP contribution in [0, 0.1) is 28.6 Å². The molecular formula is C29H43NO7. The summed E-state index contributed by atoms with van der Waals surface area (Å²) < 4.78 is 19.9. The van der Waals surface area contributed by atoms with E-state index >= 15 is 0 Å². The molecule has 2 saturated heterocycles. The van der Waals surface area contributed by atoms with Crippen LogP contribution in [0.5, 0.6) is 0 Å². The average molecular weight is 518 g/mol. The molecule has 3 N–H and O–H groups in total. The summed E-state index contributed by atoms with van der Waals surface area (Å²) in [5.41, 5.74) is -3.30. The Morgan fingerprint density at radius 1 is 1.22 bits per heavy atom. The smallest absolute Gasteiger partial charge is 0.199 e. The van der Waals surface area contributed by atoms with Gasteiger partial charge in [-0.25, -0.2) is 0 Å². The molecule has 0 radical (unpaired) electrons. The maximum Gasteiger partial charge on any atom is 0.199 e. The van der Waals surface area contributed by atoms with Crippen LogP contribution in [-0.2, 0) is 19.0 Å². The average Bonchev–Trinajstić information content (AvgIpc) is 3.40. The zero-order valence-corrected chi connectivity index (χ0v) is 22.8. The summed E-state index contributed by atoms with van der Waals surface area (Å²) in [6.07, 6.45) is 8.32. The zero-order valence-electron chi connectivity index (χ0n) is 22.8. The van der Waals surface area contributed by atoms with E-state index < -0.39 is 47.4 Å². The van der Waals surface area contributed by atoms with Gasteiger partial charge in [0, 0.05) is 16.7 Å². The Morgan fingerprint density at radius 2 is 1.97 bits per heavy atom. The third-order valence-corrected chi connectivity index (χ3v) is 11.2. The molecule has 206 valence electrons. The van der Waals surface area contributed by atoms with E-state index in [-0.39, 0.29) is 35.6 Å². The normalized spacial score (nSPS) is 52.4. The van der Waals surface area contributed by atoms with E-state index in [1.54, 1.807) is 12.2 Å². The molecule has 5 fully saturated rings. The minimum absolute atomic E-state index is 0.0214. The molecule has 0 aromatic carbocycles. The molecule has 6 unspecified atom stereocenters. The SMILES string of the molecule is CCCC1O[C@@H]2CC3C4CCC5=CC(=O)C=C[C@]5(C)C4C(O)C[C@]3(C)[C@]2(C2(CO)OCC(C)(C)N2O)O1. The zero-order chi connectivity index (χ0) is 26.6. The Hall–Kier alpha value is -1.13. The van der Waals surface area contributed by atoms with Gasteiger partial charge in [-0.15, -0.1) is 5.06 Å². The molecule has 8 nitrogen and oxygen atoms in total. The van der Waals surface area contributed by atoms with Crippen LogP contribution in [0.25, 0.3) is 0 Å². The number of aliphatic hydroxyl groups excluding tert-OH is 2. The van der Waals surface area contributed by atoms with Gasteiger partial charge in [0.2, 0.25) is 0 Å². The first-order valence-corrected chi connectivity index (χ1v) is 14.1. The number of carbonyl (C=O) groups excluding carboxylic acids is 1. The summed E-state index contributed by atoms with van der Waals surface area (Å²) in [5.74, 6) is 0.286. The summed E-state index contributed by atoms with van der Waals surface area (Å²) in [6.45, 7) is 9.97. The van der Waals surface area contributed by atoms with Crippen LogP contribution in [0.15, 0.2) is 23.8 Å². The number of carbonyl (C=O) groups is 1. The lowest BCUT2D eigenvalue weighted by atomic mass is 9.45. The van der Waals surface area contributed by atoms with E-state index in [0.29, 0.717) is 19.3 Å². The lowest BCUT2D eigenvalue weighted by molar-refractivity contribution is -0.359. The standard InChI is InChI=1S/C29H43NO7/c1-6-7-23-36-22-13-20-19-9-8-17-12-18(32)10-11-26(17,4)24(19)21(33)14-27(20,5)29(22,37-23)28(15-31)30(34)25(2,3)16-35-28/h10-12,19-24,31,33-34H,6-9,13-16H2,1-5H3/t19?,20?,21?,22-,23?,24?,26+,27+,28?,29-/m1/s1. The number of hydroxylamine groups is 2. The van der Waals surface area contributed by atoms with Gasteiger partial charge in [-0.3, -0.25) is 4.79 Å². The van der Waals surface area contributed by atoms with Gasteiger partial charge in [-0.2, -0.15) is 0 Å². The van der Waals surface area contributed by atoms with E-state index in [1.807, 2.05) is 19.9 Å². The third-order valence-electron chi connectivity index (χ3n) is 11.2. The molecule has 10 atom stereocenters. The Labute approximate surface area is 219 Å². The summed E-state index contributed by atoms with van der Waals surface area (Å²) >= 11 is 0. The van der Waals surface area contributed by atoms with E-state index in [4.69, 9.17) is 14.2 Å². The highest BCUT2D eigenvalue weighted by Crippen LogP contribution is 2.72. The maximum atomic E-state index is 12.2. The Morgan fingerprint density at radius 3 is 2.62 bits per heavy atom. The van der Waals surface area contributed by atoms with Crippen molar-refractivity contribution in [1.29, 1.82) is 0 Å². The van der Waals surface area contributed by atoms with Crippen molar-refractivity contribution in [1.82, 2.24) is 5.06 Å². The number of fused-ring (bicyclic) bond motifs is 7. The van der Waals surface area contributed by atoms with Crippen molar-refractivity contribution in [2.24, 2.45) is 28.6 Å².